The summed E-state index contributed by atoms with van der Waals surface area (Å²) < 4.78 is 5.31. The molecule has 1 fully saturated rings. The second-order valence-electron chi connectivity index (χ2n) is 2.57. The molecule has 0 saturated carbocycles. The van der Waals surface area contributed by atoms with Crippen LogP contribution in [0.3, 0.4) is 0 Å². The normalized spacial score (nSPS) is 31.7. The number of primary amides is 1. The lowest BCUT2D eigenvalue weighted by Gasteiger charge is -2.28. The van der Waals surface area contributed by atoms with Crippen LogP contribution >= 0.6 is 0 Å². The van der Waals surface area contributed by atoms with Gasteiger partial charge in [0.25, 0.3) is 0 Å². The van der Waals surface area contributed by atoms with Crippen molar-refractivity contribution in [3.8, 4) is 0 Å². The fraction of sp³-hybridized carbons (Fsp3) is 0.857. The Morgan fingerprint density at radius 3 is 3.00 bits per heavy atom. The van der Waals surface area contributed by atoms with Crippen LogP contribution in [-0.4, -0.2) is 31.2 Å². The lowest BCUT2D eigenvalue weighted by molar-refractivity contribution is -0.126. The number of hydrogen-bond donors (Lipinski definition) is 1. The largest absolute Gasteiger partial charge is 0.375 e. The monoisotopic (exact) mass is 157 g/mol. The zero-order valence-electron chi connectivity index (χ0n) is 6.62. The summed E-state index contributed by atoms with van der Waals surface area (Å²) in [6, 6.07) is -0.422. The van der Waals surface area contributed by atoms with Gasteiger partial charge in [0.05, 0.1) is 12.7 Å². The molecule has 0 spiro atoms. The molecule has 1 saturated heterocycles. The fourth-order valence-corrected chi connectivity index (χ4v) is 1.22. The van der Waals surface area contributed by atoms with Crippen LogP contribution in [0.1, 0.15) is 13.3 Å². The summed E-state index contributed by atoms with van der Waals surface area (Å²) in [6.45, 7) is 3.16. The highest BCUT2D eigenvalue weighted by molar-refractivity contribution is 5.80. The van der Waals surface area contributed by atoms with Crippen LogP contribution in [0, 0.1) is 0 Å². The molecule has 4 heteroatoms. The Kier molecular flexibility index (Phi) is 2.84. The molecule has 2 atom stereocenters. The molecular weight excluding hydrogens is 144 g/mol. The Morgan fingerprint density at radius 1 is 1.82 bits per heavy atom. The van der Waals surface area contributed by atoms with Gasteiger partial charge in [-0.1, -0.05) is 6.92 Å². The maximum Gasteiger partial charge on any atom is 0.238 e. The van der Waals surface area contributed by atoms with Crippen LogP contribution < -0.4 is 11.1 Å². The summed E-state index contributed by atoms with van der Waals surface area (Å²) in [6.07, 6.45) is 0.693. The van der Waals surface area contributed by atoms with Crippen LogP contribution in [0.15, 0.2) is 0 Å². The van der Waals surface area contributed by atoms with E-state index >= 15 is 0 Å². The van der Waals surface area contributed by atoms with Gasteiger partial charge < -0.3 is 10.5 Å². The van der Waals surface area contributed by atoms with Crippen molar-refractivity contribution >= 4 is 5.91 Å². The first kappa shape index (κ1) is 8.49. The first-order valence-electron chi connectivity index (χ1n) is 3.83. The first-order valence-corrected chi connectivity index (χ1v) is 3.83. The predicted molar refractivity (Wildman–Crippen MR) is 40.0 cm³/mol. The second-order valence-corrected chi connectivity index (χ2v) is 2.57. The van der Waals surface area contributed by atoms with E-state index < -0.39 is 6.04 Å². The summed E-state index contributed by atoms with van der Waals surface area (Å²) in [5.74, 6) is -0.378. The van der Waals surface area contributed by atoms with E-state index in [2.05, 4.69) is 5.32 Å². The van der Waals surface area contributed by atoms with Crippen molar-refractivity contribution in [1.82, 2.24) is 5.32 Å². The van der Waals surface area contributed by atoms with Crippen molar-refractivity contribution in [1.29, 1.82) is 0 Å². The Balaban J connectivity index is 2.51. The van der Waals surface area contributed by atoms with Crippen molar-refractivity contribution in [3.63, 3.8) is 0 Å². The minimum atomic E-state index is -0.422. The maximum atomic E-state index is 10.8. The van der Waals surface area contributed by atoms with E-state index in [1.807, 2.05) is 6.92 Å². The molecule has 1 rings (SSSR count). The molecule has 4 nitrogen and oxygen atoms in total. The third-order valence-corrected chi connectivity index (χ3v) is 1.80. The zero-order valence-corrected chi connectivity index (χ0v) is 6.62. The predicted octanol–water partition coefficient (Wildman–Crippen LogP) is -0.746. The van der Waals surface area contributed by atoms with Crippen molar-refractivity contribution in [2.75, 3.05) is 13.2 Å². The number of morpholine rings is 1. The summed E-state index contributed by atoms with van der Waals surface area (Å²) in [4.78, 5) is 10.8. The smallest absolute Gasteiger partial charge is 0.238 e. The van der Waals surface area contributed by atoms with E-state index in [-0.39, 0.29) is 12.0 Å². The highest BCUT2D eigenvalue weighted by Crippen LogP contribution is 2.08. The van der Waals surface area contributed by atoms with Gasteiger partial charge >= 0.3 is 0 Å². The zero-order chi connectivity index (χ0) is 8.27. The van der Waals surface area contributed by atoms with E-state index in [1.165, 1.54) is 0 Å². The molecule has 0 aromatic heterocycles. The number of amides is 1. The minimum Gasteiger partial charge on any atom is -0.375 e. The van der Waals surface area contributed by atoms with Gasteiger partial charge in [0.15, 0.2) is 0 Å². The first-order chi connectivity index (χ1) is 5.25. The number of ether oxygens (including phenoxy) is 1. The van der Waals surface area contributed by atoms with E-state index in [9.17, 15) is 4.79 Å². The van der Waals surface area contributed by atoms with Crippen molar-refractivity contribution < 1.29 is 9.53 Å². The molecule has 11 heavy (non-hydrogen) atoms. The van der Waals surface area contributed by atoms with Crippen molar-refractivity contribution in [2.45, 2.75) is 25.5 Å². The third-order valence-electron chi connectivity index (χ3n) is 1.80. The average Bonchev–Trinajstić information content (AvgIpc) is 2.04. The van der Waals surface area contributed by atoms with Gasteiger partial charge in [-0.05, 0) is 6.42 Å². The molecular formula is C7H13N2O2. The van der Waals surface area contributed by atoms with Gasteiger partial charge in [0, 0.05) is 6.54 Å². The molecule has 1 aliphatic rings. The van der Waals surface area contributed by atoms with Crippen LogP contribution in [0.4, 0.5) is 0 Å². The number of hydrogen-bond acceptors (Lipinski definition) is 2. The van der Waals surface area contributed by atoms with Gasteiger partial charge in [-0.15, -0.1) is 0 Å². The van der Waals surface area contributed by atoms with E-state index in [1.54, 1.807) is 0 Å². The molecule has 1 heterocycles. The molecule has 1 radical (unpaired) electrons. The van der Waals surface area contributed by atoms with Gasteiger partial charge in [-0.3, -0.25) is 4.79 Å². The van der Waals surface area contributed by atoms with Crippen LogP contribution in [0.5, 0.6) is 0 Å². The van der Waals surface area contributed by atoms with E-state index in [0.717, 1.165) is 6.42 Å². The number of carbonyl (C=O) groups excluding carboxylic acids is 1. The topological polar surface area (TPSA) is 66.4 Å². The second kappa shape index (κ2) is 3.69. The molecule has 63 valence electrons. The summed E-state index contributed by atoms with van der Waals surface area (Å²) in [7, 11) is 0. The Bertz CT molecular complexity index is 149. The fourth-order valence-electron chi connectivity index (χ4n) is 1.22. The highest BCUT2D eigenvalue weighted by Gasteiger charge is 2.29. The summed E-state index contributed by atoms with van der Waals surface area (Å²) in [5, 5.41) is 4.08. The van der Waals surface area contributed by atoms with Crippen LogP contribution in [0.2, 0.25) is 0 Å². The average molecular weight is 157 g/mol. The number of nitrogens with two attached hydrogens (primary N) is 1. The molecule has 2 unspecified atom stereocenters. The molecule has 0 aromatic carbocycles. The SMILES string of the molecule is CCC1OCC[N]C1C(N)=O. The van der Waals surface area contributed by atoms with Gasteiger partial charge in [-0.2, -0.15) is 0 Å². The molecule has 1 amide bonds. The van der Waals surface area contributed by atoms with Gasteiger partial charge in [0.1, 0.15) is 6.04 Å². The minimum absolute atomic E-state index is 0.0961. The molecule has 1 aliphatic heterocycles. The maximum absolute atomic E-state index is 10.8. The Morgan fingerprint density at radius 2 is 2.55 bits per heavy atom. The van der Waals surface area contributed by atoms with Crippen LogP contribution in [-0.2, 0) is 9.53 Å². The standard InChI is InChI=1S/C7H13N2O2/c1-2-5-6(7(8)10)9-3-4-11-5/h5-6H,2-4H2,1H3,(H2,8,10). The molecule has 0 bridgehead atoms. The summed E-state index contributed by atoms with van der Waals surface area (Å²) >= 11 is 0. The number of nitrogens with zero attached hydrogens (tertiary/aromatic N) is 1. The molecule has 0 aliphatic carbocycles. The quantitative estimate of drug-likeness (QED) is 0.573. The van der Waals surface area contributed by atoms with E-state index in [0.29, 0.717) is 13.2 Å². The van der Waals surface area contributed by atoms with E-state index in [4.69, 9.17) is 10.5 Å². The molecule has 0 aromatic rings. The number of rotatable bonds is 2. The van der Waals surface area contributed by atoms with Crippen LogP contribution in [0.25, 0.3) is 0 Å². The van der Waals surface area contributed by atoms with Gasteiger partial charge in [-0.25, -0.2) is 5.32 Å². The third kappa shape index (κ3) is 1.91. The highest BCUT2D eigenvalue weighted by atomic mass is 16.5. The van der Waals surface area contributed by atoms with Gasteiger partial charge in [0.2, 0.25) is 5.91 Å². The van der Waals surface area contributed by atoms with Crippen molar-refractivity contribution in [3.05, 3.63) is 0 Å². The summed E-state index contributed by atoms with van der Waals surface area (Å²) in [5.41, 5.74) is 5.12. The number of carbonyl (C=O) groups is 1. The molecule has 2 N–H and O–H groups in total. The Labute approximate surface area is 66.1 Å². The van der Waals surface area contributed by atoms with Crippen molar-refractivity contribution in [2.24, 2.45) is 5.73 Å². The lowest BCUT2D eigenvalue weighted by Crippen LogP contribution is -2.51. The Hall–Kier alpha value is -0.610. The lowest BCUT2D eigenvalue weighted by atomic mass is 10.1.